The Morgan fingerprint density at radius 2 is 1.88 bits per heavy atom. The van der Waals surface area contributed by atoms with Crippen molar-refractivity contribution in [3.63, 3.8) is 0 Å². The molecule has 4 nitrogen and oxygen atoms in total. The minimum absolute atomic E-state index is 0.102. The van der Waals surface area contributed by atoms with Crippen LogP contribution in [-0.4, -0.2) is 27.7 Å². The summed E-state index contributed by atoms with van der Waals surface area (Å²) in [5.74, 6) is 1.24. The lowest BCUT2D eigenvalue weighted by atomic mass is 9.86. The average Bonchev–Trinajstić information content (AvgIpc) is 2.82. The van der Waals surface area contributed by atoms with Crippen molar-refractivity contribution in [1.82, 2.24) is 5.32 Å². The third-order valence-corrected chi connectivity index (χ3v) is 5.21. The van der Waals surface area contributed by atoms with Gasteiger partial charge in [0.25, 0.3) is 0 Å². The molecule has 1 saturated heterocycles. The highest BCUT2D eigenvalue weighted by Crippen LogP contribution is 2.37. The summed E-state index contributed by atoms with van der Waals surface area (Å²) in [7, 11) is -0.706. The Morgan fingerprint density at radius 3 is 2.41 bits per heavy atom. The van der Waals surface area contributed by atoms with Crippen LogP contribution in [0, 0.1) is 16.7 Å². The van der Waals surface area contributed by atoms with Crippen LogP contribution < -0.4 is 5.32 Å². The lowest BCUT2D eigenvalue weighted by Crippen LogP contribution is -2.46. The molecule has 1 N–H and O–H groups in total. The van der Waals surface area contributed by atoms with E-state index in [9.17, 15) is 14.3 Å². The van der Waals surface area contributed by atoms with E-state index in [0.717, 1.165) is 25.7 Å². The van der Waals surface area contributed by atoms with Crippen molar-refractivity contribution < 1.29 is 9.00 Å². The summed E-state index contributed by atoms with van der Waals surface area (Å²) in [5, 5.41) is 12.2. The molecule has 0 spiro atoms. The van der Waals surface area contributed by atoms with Crippen LogP contribution in [-0.2, 0) is 15.6 Å². The average molecular weight is 254 g/mol. The zero-order valence-corrected chi connectivity index (χ0v) is 10.7. The maximum Gasteiger partial charge on any atom is 0.240 e. The molecule has 5 heteroatoms. The van der Waals surface area contributed by atoms with Crippen molar-refractivity contribution in [3.8, 4) is 6.07 Å². The van der Waals surface area contributed by atoms with Crippen LogP contribution in [0.4, 0.5) is 0 Å². The molecule has 0 aromatic heterocycles. The Kier molecular flexibility index (Phi) is 3.82. The van der Waals surface area contributed by atoms with Gasteiger partial charge < -0.3 is 5.32 Å². The number of nitrogens with one attached hydrogen (secondary N) is 1. The lowest BCUT2D eigenvalue weighted by Gasteiger charge is -2.27. The number of carbonyl (C=O) groups is 1. The highest BCUT2D eigenvalue weighted by atomic mass is 32.2. The molecule has 2 aliphatic rings. The number of hydrogen-bond donors (Lipinski definition) is 1. The Hall–Kier alpha value is -0.890. The van der Waals surface area contributed by atoms with Crippen LogP contribution >= 0.6 is 0 Å². The van der Waals surface area contributed by atoms with E-state index < -0.39 is 16.2 Å². The molecule has 2 fully saturated rings. The van der Waals surface area contributed by atoms with Crippen LogP contribution in [0.3, 0.4) is 0 Å². The maximum atomic E-state index is 12.1. The highest BCUT2D eigenvalue weighted by molar-refractivity contribution is 7.85. The van der Waals surface area contributed by atoms with Gasteiger partial charge in [0.2, 0.25) is 5.91 Å². The first-order valence-corrected chi connectivity index (χ1v) is 7.72. The molecule has 0 aromatic rings. The molecule has 1 amide bonds. The standard InChI is InChI=1S/C12H18N2O2S/c13-9-12(5-1-2-6-12)11(15)14-10-3-7-17(16)8-4-10/h10H,1-8H2,(H,14,15). The zero-order valence-electron chi connectivity index (χ0n) is 9.91. The molecular formula is C12H18N2O2S. The van der Waals surface area contributed by atoms with Gasteiger partial charge in [0.05, 0.1) is 6.07 Å². The fraction of sp³-hybridized carbons (Fsp3) is 0.833. The molecule has 0 radical (unpaired) electrons. The van der Waals surface area contributed by atoms with E-state index in [1.165, 1.54) is 0 Å². The van der Waals surface area contributed by atoms with Crippen molar-refractivity contribution in [2.24, 2.45) is 5.41 Å². The van der Waals surface area contributed by atoms with Crippen LogP contribution in [0.25, 0.3) is 0 Å². The largest absolute Gasteiger partial charge is 0.352 e. The first-order chi connectivity index (χ1) is 8.16. The van der Waals surface area contributed by atoms with Crippen LogP contribution in [0.5, 0.6) is 0 Å². The van der Waals surface area contributed by atoms with Gasteiger partial charge in [-0.25, -0.2) is 0 Å². The van der Waals surface area contributed by atoms with Gasteiger partial charge in [-0.05, 0) is 25.7 Å². The number of rotatable bonds is 2. The number of nitrogens with zero attached hydrogens (tertiary/aromatic N) is 1. The maximum absolute atomic E-state index is 12.1. The normalized spacial score (nSPS) is 31.7. The molecule has 0 bridgehead atoms. The Morgan fingerprint density at radius 1 is 1.29 bits per heavy atom. The smallest absolute Gasteiger partial charge is 0.240 e. The fourth-order valence-electron chi connectivity index (χ4n) is 2.63. The summed E-state index contributed by atoms with van der Waals surface area (Å²) < 4.78 is 11.2. The van der Waals surface area contributed by atoms with E-state index >= 15 is 0 Å². The summed E-state index contributed by atoms with van der Waals surface area (Å²) in [4.78, 5) is 12.1. The van der Waals surface area contributed by atoms with Gasteiger partial charge in [0, 0.05) is 28.3 Å². The second-order valence-corrected chi connectivity index (χ2v) is 6.69. The minimum atomic E-state index is -0.781. The fourth-order valence-corrected chi connectivity index (χ4v) is 3.93. The van der Waals surface area contributed by atoms with Gasteiger partial charge in [-0.1, -0.05) is 12.8 Å². The third kappa shape index (κ3) is 2.68. The van der Waals surface area contributed by atoms with E-state index in [0.29, 0.717) is 24.3 Å². The van der Waals surface area contributed by atoms with E-state index in [1.54, 1.807) is 0 Å². The van der Waals surface area contributed by atoms with Gasteiger partial charge >= 0.3 is 0 Å². The quantitative estimate of drug-likeness (QED) is 0.802. The highest BCUT2D eigenvalue weighted by Gasteiger charge is 2.42. The molecular weight excluding hydrogens is 236 g/mol. The van der Waals surface area contributed by atoms with Gasteiger partial charge in [0.15, 0.2) is 0 Å². The van der Waals surface area contributed by atoms with Crippen LogP contribution in [0.15, 0.2) is 0 Å². The predicted molar refractivity (Wildman–Crippen MR) is 65.6 cm³/mol. The zero-order chi connectivity index (χ0) is 12.3. The van der Waals surface area contributed by atoms with Crippen molar-refractivity contribution >= 4 is 16.7 Å². The van der Waals surface area contributed by atoms with Gasteiger partial charge in [-0.15, -0.1) is 0 Å². The van der Waals surface area contributed by atoms with Gasteiger partial charge in [-0.3, -0.25) is 9.00 Å². The summed E-state index contributed by atoms with van der Waals surface area (Å²) in [6.07, 6.45) is 4.87. The molecule has 94 valence electrons. The summed E-state index contributed by atoms with van der Waals surface area (Å²) in [6.45, 7) is 0. The van der Waals surface area contributed by atoms with Crippen molar-refractivity contribution in [1.29, 1.82) is 5.26 Å². The SMILES string of the molecule is N#CC1(C(=O)NC2CCS(=O)CC2)CCCC1. The first kappa shape index (κ1) is 12.6. The predicted octanol–water partition coefficient (Wildman–Crippen LogP) is 1.10. The second kappa shape index (κ2) is 5.18. The van der Waals surface area contributed by atoms with Crippen molar-refractivity contribution in [2.75, 3.05) is 11.5 Å². The molecule has 1 heterocycles. The van der Waals surface area contributed by atoms with E-state index in [1.807, 2.05) is 0 Å². The Bertz CT molecular complexity index is 359. The van der Waals surface area contributed by atoms with Crippen LogP contribution in [0.2, 0.25) is 0 Å². The molecule has 1 aliphatic heterocycles. The summed E-state index contributed by atoms with van der Waals surface area (Å²) >= 11 is 0. The summed E-state index contributed by atoms with van der Waals surface area (Å²) in [5.41, 5.74) is -0.781. The van der Waals surface area contributed by atoms with E-state index in [4.69, 9.17) is 0 Å². The molecule has 17 heavy (non-hydrogen) atoms. The van der Waals surface area contributed by atoms with Gasteiger partial charge in [0.1, 0.15) is 5.41 Å². The lowest BCUT2D eigenvalue weighted by molar-refractivity contribution is -0.128. The number of hydrogen-bond acceptors (Lipinski definition) is 3. The first-order valence-electron chi connectivity index (χ1n) is 6.23. The van der Waals surface area contributed by atoms with Crippen LogP contribution in [0.1, 0.15) is 38.5 Å². The van der Waals surface area contributed by atoms with Gasteiger partial charge in [-0.2, -0.15) is 5.26 Å². The number of nitriles is 1. The number of amides is 1. The Balaban J connectivity index is 1.92. The topological polar surface area (TPSA) is 70.0 Å². The monoisotopic (exact) mass is 254 g/mol. The van der Waals surface area contributed by atoms with Crippen molar-refractivity contribution in [3.05, 3.63) is 0 Å². The second-order valence-electron chi connectivity index (χ2n) is 5.00. The molecule has 1 saturated carbocycles. The molecule has 2 rings (SSSR count). The third-order valence-electron chi connectivity index (χ3n) is 3.83. The minimum Gasteiger partial charge on any atom is -0.352 e. The molecule has 0 aromatic carbocycles. The molecule has 1 aliphatic carbocycles. The molecule has 0 unspecified atom stereocenters. The van der Waals surface area contributed by atoms with E-state index in [2.05, 4.69) is 11.4 Å². The summed E-state index contributed by atoms with van der Waals surface area (Å²) in [6, 6.07) is 2.32. The van der Waals surface area contributed by atoms with Crippen molar-refractivity contribution in [2.45, 2.75) is 44.6 Å². The van der Waals surface area contributed by atoms with E-state index in [-0.39, 0.29) is 11.9 Å². The molecule has 0 atom stereocenters. The number of carbonyl (C=O) groups excluding carboxylic acids is 1. The Labute approximate surface area is 104 Å².